The Kier molecular flexibility index (Phi) is 3.66. The van der Waals surface area contributed by atoms with E-state index in [0.717, 1.165) is 11.8 Å². The zero-order chi connectivity index (χ0) is 16.2. The van der Waals surface area contributed by atoms with Crippen LogP contribution in [-0.2, 0) is 9.53 Å². The van der Waals surface area contributed by atoms with E-state index in [1.54, 1.807) is 0 Å². The summed E-state index contributed by atoms with van der Waals surface area (Å²) in [4.78, 5) is 12.3. The fourth-order valence-corrected chi connectivity index (χ4v) is 7.37. The van der Waals surface area contributed by atoms with Gasteiger partial charge in [-0.25, -0.2) is 4.79 Å². The molecule has 0 N–H and O–H groups in total. The van der Waals surface area contributed by atoms with E-state index in [-0.39, 0.29) is 11.6 Å². The molecule has 4 unspecified atom stereocenters. The number of esters is 1. The lowest BCUT2D eigenvalue weighted by Crippen LogP contribution is -2.65. The quantitative estimate of drug-likeness (QED) is 0.533. The highest BCUT2D eigenvalue weighted by Gasteiger charge is 2.65. The third kappa shape index (κ3) is 2.39. The van der Waals surface area contributed by atoms with Crippen molar-refractivity contribution < 1.29 is 9.53 Å². The predicted molar refractivity (Wildman–Crippen MR) is 91.8 cm³/mol. The van der Waals surface area contributed by atoms with Gasteiger partial charge in [0.05, 0.1) is 0 Å². The lowest BCUT2D eigenvalue weighted by atomic mass is 9.42. The van der Waals surface area contributed by atoms with Crippen molar-refractivity contribution in [1.29, 1.82) is 0 Å². The minimum Gasteiger partial charge on any atom is -0.455 e. The van der Waals surface area contributed by atoms with Gasteiger partial charge in [0.2, 0.25) is 0 Å². The summed E-state index contributed by atoms with van der Waals surface area (Å²) in [5.74, 6) is 3.25. The largest absolute Gasteiger partial charge is 0.455 e. The summed E-state index contributed by atoms with van der Waals surface area (Å²) >= 11 is 0. The van der Waals surface area contributed by atoms with Crippen LogP contribution in [0.5, 0.6) is 0 Å². The Morgan fingerprint density at radius 1 is 1.09 bits per heavy atom. The molecule has 0 aliphatic heterocycles. The molecule has 2 nitrogen and oxygen atoms in total. The van der Waals surface area contributed by atoms with Crippen LogP contribution >= 0.6 is 0 Å². The number of rotatable bonds is 3. The van der Waals surface area contributed by atoms with Gasteiger partial charge in [-0.2, -0.15) is 0 Å². The Morgan fingerprint density at radius 2 is 1.78 bits per heavy atom. The third-order valence-electron chi connectivity index (χ3n) is 7.79. The van der Waals surface area contributed by atoms with E-state index in [4.69, 9.17) is 4.74 Å². The number of carbonyl (C=O) groups excluding carboxylic acids is 1. The molecule has 5 saturated carbocycles. The third-order valence-corrected chi connectivity index (χ3v) is 7.79. The Labute approximate surface area is 141 Å². The topological polar surface area (TPSA) is 26.3 Å². The lowest BCUT2D eigenvalue weighted by molar-refractivity contribution is -0.243. The van der Waals surface area contributed by atoms with Crippen molar-refractivity contribution in [2.75, 3.05) is 0 Å². The molecule has 5 aliphatic carbocycles. The van der Waals surface area contributed by atoms with Crippen LogP contribution in [0.15, 0.2) is 12.7 Å². The SMILES string of the molecule is C=CC(=O)OC1(C2CCCC(C)C2)C2CC3CC1CC(C)(C3)C2. The molecular weight excluding hydrogens is 284 g/mol. The summed E-state index contributed by atoms with van der Waals surface area (Å²) in [6, 6.07) is 0. The van der Waals surface area contributed by atoms with E-state index in [2.05, 4.69) is 20.4 Å². The van der Waals surface area contributed by atoms with Gasteiger partial charge in [0.25, 0.3) is 0 Å². The molecule has 0 amide bonds. The highest BCUT2D eigenvalue weighted by molar-refractivity contribution is 5.81. The van der Waals surface area contributed by atoms with Crippen molar-refractivity contribution in [1.82, 2.24) is 0 Å². The van der Waals surface area contributed by atoms with Gasteiger partial charge < -0.3 is 4.74 Å². The van der Waals surface area contributed by atoms with Crippen LogP contribution in [0.25, 0.3) is 0 Å². The molecular formula is C21H32O2. The molecule has 5 aliphatic rings. The summed E-state index contributed by atoms with van der Waals surface area (Å²) in [6.45, 7) is 8.54. The van der Waals surface area contributed by atoms with Crippen LogP contribution < -0.4 is 0 Å². The van der Waals surface area contributed by atoms with Gasteiger partial charge in [0.15, 0.2) is 0 Å². The summed E-state index contributed by atoms with van der Waals surface area (Å²) in [5.41, 5.74) is 0.344. The smallest absolute Gasteiger partial charge is 0.330 e. The number of hydrogen-bond donors (Lipinski definition) is 0. The van der Waals surface area contributed by atoms with E-state index in [1.807, 2.05) is 0 Å². The maximum absolute atomic E-state index is 12.3. The fourth-order valence-electron chi connectivity index (χ4n) is 7.37. The first-order valence-electron chi connectivity index (χ1n) is 9.80. The maximum atomic E-state index is 12.3. The zero-order valence-electron chi connectivity index (χ0n) is 14.9. The molecule has 0 aromatic rings. The van der Waals surface area contributed by atoms with Crippen molar-refractivity contribution >= 4 is 5.97 Å². The Bertz CT molecular complexity index is 484. The minimum absolute atomic E-state index is 0.170. The summed E-state index contributed by atoms with van der Waals surface area (Å²) < 4.78 is 6.34. The highest BCUT2D eigenvalue weighted by Crippen LogP contribution is 2.67. The molecule has 0 aromatic heterocycles. The van der Waals surface area contributed by atoms with Gasteiger partial charge in [-0.1, -0.05) is 33.3 Å². The molecule has 4 bridgehead atoms. The second-order valence-corrected chi connectivity index (χ2v) is 9.60. The van der Waals surface area contributed by atoms with Gasteiger partial charge in [0, 0.05) is 17.9 Å². The second kappa shape index (κ2) is 5.36. The van der Waals surface area contributed by atoms with Crippen LogP contribution in [0.1, 0.15) is 71.6 Å². The van der Waals surface area contributed by atoms with Gasteiger partial charge in [-0.05, 0) is 68.1 Å². The van der Waals surface area contributed by atoms with Gasteiger partial charge in [-0.15, -0.1) is 0 Å². The van der Waals surface area contributed by atoms with Crippen LogP contribution in [0, 0.1) is 35.0 Å². The van der Waals surface area contributed by atoms with E-state index in [0.29, 0.717) is 23.2 Å². The normalized spacial score (nSPS) is 51.5. The van der Waals surface area contributed by atoms with Crippen LogP contribution in [0.2, 0.25) is 0 Å². The van der Waals surface area contributed by atoms with E-state index in [9.17, 15) is 4.79 Å². The molecule has 5 rings (SSSR count). The van der Waals surface area contributed by atoms with Gasteiger partial charge >= 0.3 is 5.97 Å². The molecule has 0 heterocycles. The van der Waals surface area contributed by atoms with Gasteiger partial charge in [-0.3, -0.25) is 0 Å². The number of ether oxygens (including phenoxy) is 1. The maximum Gasteiger partial charge on any atom is 0.330 e. The molecule has 0 spiro atoms. The van der Waals surface area contributed by atoms with E-state index < -0.39 is 0 Å². The standard InChI is InChI=1S/C21H32O2/c1-4-19(22)23-21(16-7-5-6-14(2)8-16)17-9-15-10-18(21)13-20(3,11-15)12-17/h4,14-18H,1,5-13H2,2-3H3. The molecule has 128 valence electrons. The molecule has 23 heavy (non-hydrogen) atoms. The molecule has 2 heteroatoms. The first-order valence-corrected chi connectivity index (χ1v) is 9.80. The van der Waals surface area contributed by atoms with E-state index >= 15 is 0 Å². The van der Waals surface area contributed by atoms with E-state index in [1.165, 1.54) is 63.9 Å². The average molecular weight is 316 g/mol. The first-order chi connectivity index (χ1) is 10.9. The Balaban J connectivity index is 1.71. The lowest BCUT2D eigenvalue weighted by Gasteiger charge is -2.66. The van der Waals surface area contributed by atoms with Crippen molar-refractivity contribution in [3.05, 3.63) is 12.7 Å². The van der Waals surface area contributed by atoms with Crippen molar-refractivity contribution in [3.8, 4) is 0 Å². The molecule has 0 saturated heterocycles. The molecule has 0 aromatic carbocycles. The minimum atomic E-state index is -0.180. The van der Waals surface area contributed by atoms with Crippen LogP contribution in [0.4, 0.5) is 0 Å². The first kappa shape index (κ1) is 15.7. The molecule has 5 fully saturated rings. The van der Waals surface area contributed by atoms with Crippen LogP contribution in [0.3, 0.4) is 0 Å². The fraction of sp³-hybridized carbons (Fsp3) is 0.857. The summed E-state index contributed by atoms with van der Waals surface area (Å²) in [5, 5.41) is 0. The number of carbonyl (C=O) groups is 1. The molecule has 4 atom stereocenters. The second-order valence-electron chi connectivity index (χ2n) is 9.60. The predicted octanol–water partition coefficient (Wildman–Crippen LogP) is 5.13. The van der Waals surface area contributed by atoms with Crippen molar-refractivity contribution in [2.24, 2.45) is 35.0 Å². The molecule has 0 radical (unpaired) electrons. The number of hydrogen-bond acceptors (Lipinski definition) is 2. The Hall–Kier alpha value is -0.790. The van der Waals surface area contributed by atoms with Gasteiger partial charge in [0.1, 0.15) is 5.60 Å². The van der Waals surface area contributed by atoms with Crippen molar-refractivity contribution in [2.45, 2.75) is 77.2 Å². The summed E-state index contributed by atoms with van der Waals surface area (Å²) in [6.07, 6.45) is 13.1. The van der Waals surface area contributed by atoms with Crippen LogP contribution in [-0.4, -0.2) is 11.6 Å². The van der Waals surface area contributed by atoms with Crippen molar-refractivity contribution in [3.63, 3.8) is 0 Å². The zero-order valence-corrected chi connectivity index (χ0v) is 14.9. The monoisotopic (exact) mass is 316 g/mol. The Morgan fingerprint density at radius 3 is 2.35 bits per heavy atom. The highest BCUT2D eigenvalue weighted by atomic mass is 16.6. The average Bonchev–Trinajstić information content (AvgIpc) is 2.49. The summed E-state index contributed by atoms with van der Waals surface area (Å²) in [7, 11) is 0.